The Bertz CT molecular complexity index is 849. The van der Waals surface area contributed by atoms with Gasteiger partial charge in [-0.1, -0.05) is 24.9 Å². The van der Waals surface area contributed by atoms with Crippen molar-refractivity contribution in [3.8, 4) is 0 Å². The van der Waals surface area contributed by atoms with E-state index in [4.69, 9.17) is 16.7 Å². The molecule has 0 aliphatic carbocycles. The van der Waals surface area contributed by atoms with E-state index in [-0.39, 0.29) is 29.3 Å². The Kier molecular flexibility index (Phi) is 6.69. The molecule has 0 saturated heterocycles. The molecule has 27 heavy (non-hydrogen) atoms. The molecular weight excluding hydrogens is 387 g/mol. The zero-order valence-electron chi connectivity index (χ0n) is 14.6. The number of pyridine rings is 1. The van der Waals surface area contributed by atoms with E-state index in [1.807, 2.05) is 0 Å². The van der Waals surface area contributed by atoms with Crippen LogP contribution in [-0.2, 0) is 17.4 Å². The topological polar surface area (TPSA) is 83.7 Å². The predicted molar refractivity (Wildman–Crippen MR) is 93.0 cm³/mol. The number of aromatic nitrogens is 2. The van der Waals surface area contributed by atoms with Crippen LogP contribution in [0.2, 0.25) is 5.02 Å². The zero-order valence-corrected chi connectivity index (χ0v) is 15.3. The summed E-state index contributed by atoms with van der Waals surface area (Å²) in [5.74, 6) is -1.43. The van der Waals surface area contributed by atoms with E-state index in [0.717, 1.165) is 16.7 Å². The Balaban J connectivity index is 2.21. The van der Waals surface area contributed by atoms with Gasteiger partial charge < -0.3 is 10.4 Å². The van der Waals surface area contributed by atoms with E-state index in [0.29, 0.717) is 31.4 Å². The van der Waals surface area contributed by atoms with Crippen molar-refractivity contribution in [2.45, 2.75) is 45.2 Å². The van der Waals surface area contributed by atoms with Gasteiger partial charge >= 0.3 is 12.1 Å². The maximum atomic E-state index is 13.1. The van der Waals surface area contributed by atoms with Crippen molar-refractivity contribution < 1.29 is 27.9 Å². The second-order valence-corrected chi connectivity index (χ2v) is 6.40. The van der Waals surface area contributed by atoms with Gasteiger partial charge in [-0.2, -0.15) is 13.2 Å². The van der Waals surface area contributed by atoms with Gasteiger partial charge in [0.05, 0.1) is 16.3 Å². The summed E-state index contributed by atoms with van der Waals surface area (Å²) in [6.45, 7) is 2.02. The van der Waals surface area contributed by atoms with Gasteiger partial charge in [-0.15, -0.1) is 0 Å². The number of hydrogen-bond acceptors (Lipinski definition) is 3. The summed E-state index contributed by atoms with van der Waals surface area (Å²) in [6.07, 6.45) is -1.72. The number of carbonyl (C=O) groups is 2. The Morgan fingerprint density at radius 2 is 2.00 bits per heavy atom. The minimum Gasteiger partial charge on any atom is -0.481 e. The molecule has 0 radical (unpaired) electrons. The van der Waals surface area contributed by atoms with Crippen LogP contribution in [-0.4, -0.2) is 32.9 Å². The fourth-order valence-corrected chi connectivity index (χ4v) is 2.91. The van der Waals surface area contributed by atoms with Crippen molar-refractivity contribution in [3.05, 3.63) is 34.2 Å². The first-order chi connectivity index (χ1) is 12.6. The molecule has 2 aromatic heterocycles. The van der Waals surface area contributed by atoms with Crippen LogP contribution in [0.5, 0.6) is 0 Å². The Labute approximate surface area is 158 Å². The Morgan fingerprint density at radius 1 is 1.30 bits per heavy atom. The lowest BCUT2D eigenvalue weighted by Crippen LogP contribution is -2.27. The first-order valence-corrected chi connectivity index (χ1v) is 8.80. The number of aliphatic carboxylic acids is 1. The third kappa shape index (κ3) is 5.12. The molecule has 0 aliphatic rings. The van der Waals surface area contributed by atoms with Crippen LogP contribution in [0, 0.1) is 0 Å². The van der Waals surface area contributed by atoms with Gasteiger partial charge in [0.1, 0.15) is 5.69 Å². The van der Waals surface area contributed by atoms with Gasteiger partial charge in [-0.25, -0.2) is 4.98 Å². The van der Waals surface area contributed by atoms with Gasteiger partial charge in [0.15, 0.2) is 5.65 Å². The van der Waals surface area contributed by atoms with Gasteiger partial charge in [-0.3, -0.25) is 14.0 Å². The largest absolute Gasteiger partial charge is 0.481 e. The molecule has 0 bridgehead atoms. The van der Waals surface area contributed by atoms with E-state index in [1.165, 1.54) is 0 Å². The fraction of sp³-hybridized carbons (Fsp3) is 0.471. The molecule has 0 aromatic carbocycles. The van der Waals surface area contributed by atoms with E-state index in [1.54, 1.807) is 6.92 Å². The second-order valence-electron chi connectivity index (χ2n) is 5.99. The van der Waals surface area contributed by atoms with Crippen molar-refractivity contribution in [2.24, 2.45) is 0 Å². The van der Waals surface area contributed by atoms with E-state index in [2.05, 4.69) is 10.3 Å². The minimum absolute atomic E-state index is 0.0195. The molecule has 0 unspecified atom stereocenters. The van der Waals surface area contributed by atoms with E-state index < -0.39 is 23.6 Å². The van der Waals surface area contributed by atoms with Crippen LogP contribution in [0.3, 0.4) is 0 Å². The van der Waals surface area contributed by atoms with Crippen molar-refractivity contribution >= 4 is 29.1 Å². The highest BCUT2D eigenvalue weighted by atomic mass is 35.5. The lowest BCUT2D eigenvalue weighted by Gasteiger charge is -2.10. The first-order valence-electron chi connectivity index (χ1n) is 8.42. The summed E-state index contributed by atoms with van der Waals surface area (Å²) in [7, 11) is 0. The van der Waals surface area contributed by atoms with Crippen molar-refractivity contribution in [1.82, 2.24) is 14.7 Å². The number of nitrogens with one attached hydrogen (secondary N) is 1. The number of carbonyl (C=O) groups excluding carboxylic acids is 1. The zero-order chi connectivity index (χ0) is 20.2. The second kappa shape index (κ2) is 8.60. The lowest BCUT2D eigenvalue weighted by atomic mass is 10.2. The average Bonchev–Trinajstić information content (AvgIpc) is 2.96. The molecule has 2 rings (SSSR count). The third-order valence-corrected chi connectivity index (χ3v) is 4.26. The van der Waals surface area contributed by atoms with E-state index >= 15 is 0 Å². The SMILES string of the molecule is CCc1nc2c(Cl)cc(C(F)(F)F)cn2c1C(=O)NCCCCCC(=O)O. The molecule has 0 aliphatic heterocycles. The van der Waals surface area contributed by atoms with Crippen molar-refractivity contribution in [2.75, 3.05) is 6.54 Å². The van der Waals surface area contributed by atoms with Crippen LogP contribution in [0.4, 0.5) is 13.2 Å². The molecule has 2 N–H and O–H groups in total. The predicted octanol–water partition coefficient (Wildman–Crippen LogP) is 3.94. The number of fused-ring (bicyclic) bond motifs is 1. The van der Waals surface area contributed by atoms with Crippen LogP contribution in [0.25, 0.3) is 5.65 Å². The number of nitrogens with zero attached hydrogens (tertiary/aromatic N) is 2. The molecule has 0 saturated carbocycles. The third-order valence-electron chi connectivity index (χ3n) is 3.98. The smallest absolute Gasteiger partial charge is 0.417 e. The van der Waals surface area contributed by atoms with Crippen molar-refractivity contribution in [3.63, 3.8) is 0 Å². The summed E-state index contributed by atoms with van der Waals surface area (Å²) in [5.41, 5.74) is -0.512. The Morgan fingerprint density at radius 3 is 2.59 bits per heavy atom. The number of carboxylic acid groups (broad SMARTS) is 1. The first kappa shape index (κ1) is 21.0. The normalized spacial score (nSPS) is 11.7. The number of imidazole rings is 1. The number of alkyl halides is 3. The number of amides is 1. The summed E-state index contributed by atoms with van der Waals surface area (Å²) < 4.78 is 40.3. The molecular formula is C17H19ClF3N3O3. The summed E-state index contributed by atoms with van der Waals surface area (Å²) in [5, 5.41) is 11.0. The highest BCUT2D eigenvalue weighted by molar-refractivity contribution is 6.33. The molecule has 0 spiro atoms. The van der Waals surface area contributed by atoms with Gasteiger partial charge in [0, 0.05) is 19.2 Å². The molecule has 148 valence electrons. The molecule has 6 nitrogen and oxygen atoms in total. The molecule has 10 heteroatoms. The highest BCUT2D eigenvalue weighted by Gasteiger charge is 2.33. The average molecular weight is 406 g/mol. The van der Waals surface area contributed by atoms with Gasteiger partial charge in [0.25, 0.3) is 5.91 Å². The summed E-state index contributed by atoms with van der Waals surface area (Å²) >= 11 is 5.94. The number of unbranched alkanes of at least 4 members (excludes halogenated alkanes) is 2. The number of hydrogen-bond donors (Lipinski definition) is 2. The molecule has 2 aromatic rings. The van der Waals surface area contributed by atoms with Crippen molar-refractivity contribution in [1.29, 1.82) is 0 Å². The number of halogens is 4. The number of carboxylic acids is 1. The molecule has 1 amide bonds. The Hall–Kier alpha value is -2.29. The van der Waals surface area contributed by atoms with E-state index in [9.17, 15) is 22.8 Å². The van der Waals surface area contributed by atoms with Crippen LogP contribution in [0.1, 0.15) is 54.4 Å². The maximum Gasteiger partial charge on any atom is 0.417 e. The minimum atomic E-state index is -4.60. The maximum absolute atomic E-state index is 13.1. The number of rotatable bonds is 8. The van der Waals surface area contributed by atoms with Crippen LogP contribution in [0.15, 0.2) is 12.3 Å². The van der Waals surface area contributed by atoms with Gasteiger partial charge in [-0.05, 0) is 25.3 Å². The fourth-order valence-electron chi connectivity index (χ4n) is 2.66. The quantitative estimate of drug-likeness (QED) is 0.651. The highest BCUT2D eigenvalue weighted by Crippen LogP contribution is 2.33. The molecule has 0 atom stereocenters. The van der Waals surface area contributed by atoms with Crippen LogP contribution >= 0.6 is 11.6 Å². The number of aryl methyl sites for hydroxylation is 1. The molecule has 0 fully saturated rings. The summed E-state index contributed by atoms with van der Waals surface area (Å²) in [6, 6.07) is 0.785. The molecule has 2 heterocycles. The monoisotopic (exact) mass is 405 g/mol. The standard InChI is InChI=1S/C17H19ClF3N3O3/c1-2-12-14(16(27)22-7-5-3-4-6-13(25)26)24-9-10(17(19,20)21)8-11(18)15(24)23-12/h8-9H,2-7H2,1H3,(H,22,27)(H,25,26). The lowest BCUT2D eigenvalue weighted by molar-refractivity contribution is -0.138. The van der Waals surface area contributed by atoms with Gasteiger partial charge in [0.2, 0.25) is 0 Å². The summed E-state index contributed by atoms with van der Waals surface area (Å²) in [4.78, 5) is 27.2. The van der Waals surface area contributed by atoms with Crippen LogP contribution < -0.4 is 5.32 Å².